The Bertz CT molecular complexity index is 351. The van der Waals surface area contributed by atoms with E-state index in [1.54, 1.807) is 0 Å². The van der Waals surface area contributed by atoms with E-state index in [4.69, 9.17) is 11.6 Å². The highest BCUT2D eigenvalue weighted by Crippen LogP contribution is 2.20. The zero-order valence-corrected chi connectivity index (χ0v) is 11.2. The molecule has 0 aliphatic carbocycles. The number of hydrogen-bond acceptors (Lipinski definition) is 2. The van der Waals surface area contributed by atoms with Crippen molar-refractivity contribution < 1.29 is 5.11 Å². The first kappa shape index (κ1) is 13.5. The number of halogens is 1. The molecule has 0 fully saturated rings. The van der Waals surface area contributed by atoms with Crippen molar-refractivity contribution in [1.82, 2.24) is 5.32 Å². The molecule has 0 aliphatic rings. The third-order valence-corrected chi connectivity index (χ3v) is 3.02. The number of aryl methyl sites for hydroxylation is 2. The summed E-state index contributed by atoms with van der Waals surface area (Å²) < 4.78 is 0. The molecule has 1 aromatic rings. The van der Waals surface area contributed by atoms with Gasteiger partial charge in [-0.05, 0) is 56.5 Å². The lowest BCUT2D eigenvalue weighted by atomic mass is 10.0. The molecule has 0 heterocycles. The lowest BCUT2D eigenvalue weighted by molar-refractivity contribution is 0.187. The van der Waals surface area contributed by atoms with Crippen LogP contribution in [0.3, 0.4) is 0 Å². The fraction of sp³-hybridized carbons (Fsp3) is 0.538. The molecule has 90 valence electrons. The minimum Gasteiger partial charge on any atom is -0.394 e. The summed E-state index contributed by atoms with van der Waals surface area (Å²) in [7, 11) is 0. The largest absolute Gasteiger partial charge is 0.394 e. The van der Waals surface area contributed by atoms with E-state index in [9.17, 15) is 5.11 Å². The number of aliphatic hydroxyl groups excluding tert-OH is 1. The fourth-order valence-electron chi connectivity index (χ4n) is 1.60. The van der Waals surface area contributed by atoms with E-state index < -0.39 is 0 Å². The monoisotopic (exact) mass is 241 g/mol. The molecule has 0 radical (unpaired) electrons. The van der Waals surface area contributed by atoms with Gasteiger partial charge in [0.1, 0.15) is 0 Å². The highest BCUT2D eigenvalue weighted by atomic mass is 35.5. The summed E-state index contributed by atoms with van der Waals surface area (Å²) in [6.45, 7) is 8.95. The topological polar surface area (TPSA) is 32.3 Å². The van der Waals surface area contributed by atoms with Crippen LogP contribution in [-0.4, -0.2) is 17.3 Å². The fourth-order valence-corrected chi connectivity index (χ4v) is 1.93. The minimum absolute atomic E-state index is 0.124. The summed E-state index contributed by atoms with van der Waals surface area (Å²) in [5.41, 5.74) is 3.38. The smallest absolute Gasteiger partial charge is 0.0607 e. The molecular weight excluding hydrogens is 222 g/mol. The van der Waals surface area contributed by atoms with Crippen molar-refractivity contribution in [2.24, 2.45) is 0 Å². The highest BCUT2D eigenvalue weighted by Gasteiger charge is 2.16. The summed E-state index contributed by atoms with van der Waals surface area (Å²) in [4.78, 5) is 0. The quantitative estimate of drug-likeness (QED) is 0.850. The van der Waals surface area contributed by atoms with Gasteiger partial charge in [-0.3, -0.25) is 0 Å². The average molecular weight is 242 g/mol. The van der Waals surface area contributed by atoms with Gasteiger partial charge in [-0.25, -0.2) is 0 Å². The van der Waals surface area contributed by atoms with Crippen LogP contribution in [-0.2, 0) is 6.54 Å². The Balaban J connectivity index is 2.82. The van der Waals surface area contributed by atoms with Gasteiger partial charge in [-0.1, -0.05) is 11.6 Å². The number of benzene rings is 1. The summed E-state index contributed by atoms with van der Waals surface area (Å²) in [6.07, 6.45) is 0. The predicted molar refractivity (Wildman–Crippen MR) is 68.9 cm³/mol. The van der Waals surface area contributed by atoms with E-state index in [0.29, 0.717) is 0 Å². The van der Waals surface area contributed by atoms with E-state index in [2.05, 4.69) is 19.2 Å². The van der Waals surface area contributed by atoms with Crippen LogP contribution in [0.5, 0.6) is 0 Å². The van der Waals surface area contributed by atoms with Gasteiger partial charge in [-0.2, -0.15) is 0 Å². The van der Waals surface area contributed by atoms with Crippen LogP contribution in [0.15, 0.2) is 12.1 Å². The van der Waals surface area contributed by atoms with Crippen LogP contribution in [0.2, 0.25) is 5.02 Å². The first-order chi connectivity index (χ1) is 7.35. The van der Waals surface area contributed by atoms with Crippen LogP contribution >= 0.6 is 11.6 Å². The van der Waals surface area contributed by atoms with Gasteiger partial charge in [0.25, 0.3) is 0 Å². The second kappa shape index (κ2) is 5.17. The van der Waals surface area contributed by atoms with Crippen LogP contribution in [0, 0.1) is 13.8 Å². The molecule has 0 saturated heterocycles. The number of nitrogens with one attached hydrogen (secondary N) is 1. The van der Waals surface area contributed by atoms with Gasteiger partial charge in [0, 0.05) is 17.1 Å². The third kappa shape index (κ3) is 3.48. The predicted octanol–water partition coefficient (Wildman–Crippen LogP) is 2.82. The van der Waals surface area contributed by atoms with Crippen molar-refractivity contribution in [3.05, 3.63) is 33.8 Å². The van der Waals surface area contributed by atoms with Crippen molar-refractivity contribution in [1.29, 1.82) is 0 Å². The molecule has 1 aromatic carbocycles. The maximum absolute atomic E-state index is 9.17. The normalized spacial score (nSPS) is 11.9. The van der Waals surface area contributed by atoms with E-state index >= 15 is 0 Å². The Labute approximate surface area is 103 Å². The van der Waals surface area contributed by atoms with Gasteiger partial charge in [0.05, 0.1) is 6.61 Å². The summed E-state index contributed by atoms with van der Waals surface area (Å²) >= 11 is 5.98. The Hall–Kier alpha value is -0.570. The number of hydrogen-bond donors (Lipinski definition) is 2. The molecule has 0 unspecified atom stereocenters. The molecule has 0 aromatic heterocycles. The zero-order chi connectivity index (χ0) is 12.3. The zero-order valence-electron chi connectivity index (χ0n) is 10.4. The number of aliphatic hydroxyl groups is 1. The van der Waals surface area contributed by atoms with Crippen molar-refractivity contribution in [2.75, 3.05) is 6.61 Å². The van der Waals surface area contributed by atoms with E-state index in [1.165, 1.54) is 16.7 Å². The molecule has 0 atom stereocenters. The Morgan fingerprint density at radius 2 is 1.75 bits per heavy atom. The van der Waals surface area contributed by atoms with Crippen molar-refractivity contribution >= 4 is 11.6 Å². The third-order valence-electron chi connectivity index (χ3n) is 2.80. The van der Waals surface area contributed by atoms with Crippen molar-refractivity contribution in [3.8, 4) is 0 Å². The lowest BCUT2D eigenvalue weighted by Crippen LogP contribution is -2.42. The molecule has 0 amide bonds. The second-order valence-corrected chi connectivity index (χ2v) is 5.35. The molecule has 16 heavy (non-hydrogen) atoms. The molecule has 0 aliphatic heterocycles. The maximum atomic E-state index is 9.17. The maximum Gasteiger partial charge on any atom is 0.0607 e. The molecule has 0 spiro atoms. The van der Waals surface area contributed by atoms with Crippen LogP contribution in [0.4, 0.5) is 0 Å². The molecule has 0 saturated carbocycles. The van der Waals surface area contributed by atoms with Gasteiger partial charge in [0.2, 0.25) is 0 Å². The first-order valence-electron chi connectivity index (χ1n) is 5.47. The van der Waals surface area contributed by atoms with Gasteiger partial charge < -0.3 is 10.4 Å². The second-order valence-electron chi connectivity index (χ2n) is 4.91. The lowest BCUT2D eigenvalue weighted by Gasteiger charge is -2.24. The standard InChI is InChI=1S/C13H20ClNO/c1-9-5-11(14)6-10(2)12(9)7-15-13(3,4)8-16/h5-6,15-16H,7-8H2,1-4H3. The molecule has 2 nitrogen and oxygen atoms in total. The number of rotatable bonds is 4. The van der Waals surface area contributed by atoms with E-state index in [-0.39, 0.29) is 12.1 Å². The summed E-state index contributed by atoms with van der Waals surface area (Å²) in [6, 6.07) is 3.94. The average Bonchev–Trinajstić information content (AvgIpc) is 2.16. The first-order valence-corrected chi connectivity index (χ1v) is 5.85. The van der Waals surface area contributed by atoms with Gasteiger partial charge in [-0.15, -0.1) is 0 Å². The van der Waals surface area contributed by atoms with Crippen LogP contribution in [0.1, 0.15) is 30.5 Å². The molecule has 2 N–H and O–H groups in total. The Morgan fingerprint density at radius 3 is 2.19 bits per heavy atom. The molecular formula is C13H20ClNO. The summed E-state index contributed by atoms with van der Waals surface area (Å²) in [5.74, 6) is 0. The Kier molecular flexibility index (Phi) is 4.36. The summed E-state index contributed by atoms with van der Waals surface area (Å²) in [5, 5.41) is 13.3. The van der Waals surface area contributed by atoms with E-state index in [1.807, 2.05) is 26.0 Å². The SMILES string of the molecule is Cc1cc(Cl)cc(C)c1CNC(C)(C)CO. The van der Waals surface area contributed by atoms with Gasteiger partial charge >= 0.3 is 0 Å². The van der Waals surface area contributed by atoms with E-state index in [0.717, 1.165) is 11.6 Å². The van der Waals surface area contributed by atoms with Crippen molar-refractivity contribution in [3.63, 3.8) is 0 Å². The minimum atomic E-state index is -0.251. The van der Waals surface area contributed by atoms with Crippen LogP contribution < -0.4 is 5.32 Å². The molecule has 3 heteroatoms. The van der Waals surface area contributed by atoms with Crippen LogP contribution in [0.25, 0.3) is 0 Å². The van der Waals surface area contributed by atoms with Gasteiger partial charge in [0.15, 0.2) is 0 Å². The molecule has 1 rings (SSSR count). The molecule has 0 bridgehead atoms. The Morgan fingerprint density at radius 1 is 1.25 bits per heavy atom. The van der Waals surface area contributed by atoms with Crippen molar-refractivity contribution in [2.45, 2.75) is 39.8 Å². The highest BCUT2D eigenvalue weighted by molar-refractivity contribution is 6.30.